The molecule has 3 rings (SSSR count). The number of benzene rings is 2. The monoisotopic (exact) mass is 340 g/mol. The molecule has 25 heavy (non-hydrogen) atoms. The number of rotatable bonds is 3. The van der Waals surface area contributed by atoms with E-state index in [1.54, 1.807) is 13.2 Å². The minimum absolute atomic E-state index is 0.0672. The van der Waals surface area contributed by atoms with Crippen molar-refractivity contribution in [1.82, 2.24) is 0 Å². The van der Waals surface area contributed by atoms with E-state index in [1.807, 2.05) is 48.5 Å². The third kappa shape index (κ3) is 4.05. The Balaban J connectivity index is 1.88. The summed E-state index contributed by atoms with van der Waals surface area (Å²) in [5, 5.41) is 0. The summed E-state index contributed by atoms with van der Waals surface area (Å²) in [6.07, 6.45) is 1.29. The Labute approximate surface area is 148 Å². The van der Waals surface area contributed by atoms with Crippen molar-refractivity contribution in [3.63, 3.8) is 0 Å². The summed E-state index contributed by atoms with van der Waals surface area (Å²) in [4.78, 5) is 0. The smallest absolute Gasteiger partial charge is 0.508 e. The van der Waals surface area contributed by atoms with Crippen molar-refractivity contribution in [2.75, 3.05) is 7.11 Å². The molecule has 5 heteroatoms. The van der Waals surface area contributed by atoms with Crippen LogP contribution in [-0.2, 0) is 14.7 Å². The van der Waals surface area contributed by atoms with Gasteiger partial charge in [-0.1, -0.05) is 57.2 Å². The number of hydrogen-bond donors (Lipinski definition) is 0. The summed E-state index contributed by atoms with van der Waals surface area (Å²) >= 11 is 0. The quantitative estimate of drug-likeness (QED) is 0.730. The average molecular weight is 340 g/mol. The minimum Gasteiger partial charge on any atom is -0.508 e. The average Bonchev–Trinajstić information content (AvgIpc) is 2.60. The third-order valence-electron chi connectivity index (χ3n) is 4.26. The van der Waals surface area contributed by atoms with Crippen LogP contribution in [0.3, 0.4) is 0 Å². The molecule has 1 heterocycles. The van der Waals surface area contributed by atoms with Gasteiger partial charge in [0.1, 0.15) is 11.5 Å². The summed E-state index contributed by atoms with van der Waals surface area (Å²) in [6.45, 7) is 6.47. The van der Waals surface area contributed by atoms with Gasteiger partial charge in [-0.3, -0.25) is 0 Å². The van der Waals surface area contributed by atoms with E-state index >= 15 is 0 Å². The lowest BCUT2D eigenvalue weighted by molar-refractivity contribution is 0.156. The fraction of sp³-hybridized carbons (Fsp3) is 0.300. The molecule has 1 aliphatic heterocycles. The summed E-state index contributed by atoms with van der Waals surface area (Å²) in [5.41, 5.74) is 2.96. The predicted octanol–water partition coefficient (Wildman–Crippen LogP) is 5.08. The predicted molar refractivity (Wildman–Crippen MR) is 97.9 cm³/mol. The molecule has 0 aliphatic carbocycles. The summed E-state index contributed by atoms with van der Waals surface area (Å²) < 4.78 is 29.6. The van der Waals surface area contributed by atoms with Crippen molar-refractivity contribution in [3.05, 3.63) is 71.3 Å². The molecule has 0 radical (unpaired) electrons. The SMILES string of the molecule is COc1ccc(C2C=C(c3ccc(C(C)(C)C)cc3)OB(F)O2)cc1. The Kier molecular flexibility index (Phi) is 4.86. The van der Waals surface area contributed by atoms with E-state index in [0.29, 0.717) is 5.76 Å². The Morgan fingerprint density at radius 3 is 2.20 bits per heavy atom. The molecule has 0 saturated carbocycles. The van der Waals surface area contributed by atoms with E-state index in [4.69, 9.17) is 14.0 Å². The van der Waals surface area contributed by atoms with Crippen LogP contribution in [0.25, 0.3) is 5.76 Å². The third-order valence-corrected chi connectivity index (χ3v) is 4.26. The van der Waals surface area contributed by atoms with Gasteiger partial charge in [-0.2, -0.15) is 0 Å². The summed E-state index contributed by atoms with van der Waals surface area (Å²) in [5.74, 6) is 1.23. The lowest BCUT2D eigenvalue weighted by Crippen LogP contribution is -2.24. The number of hydrogen-bond acceptors (Lipinski definition) is 3. The van der Waals surface area contributed by atoms with Crippen LogP contribution in [0, 0.1) is 0 Å². The molecule has 0 spiro atoms. The van der Waals surface area contributed by atoms with Crippen LogP contribution in [0.5, 0.6) is 5.75 Å². The molecule has 2 aromatic carbocycles. The molecular formula is C20H22BFO3. The van der Waals surface area contributed by atoms with Crippen LogP contribution >= 0.6 is 0 Å². The van der Waals surface area contributed by atoms with E-state index in [9.17, 15) is 4.32 Å². The highest BCUT2D eigenvalue weighted by atomic mass is 19.1. The van der Waals surface area contributed by atoms with Crippen LogP contribution in [0.2, 0.25) is 0 Å². The zero-order valence-corrected chi connectivity index (χ0v) is 15.0. The van der Waals surface area contributed by atoms with Gasteiger partial charge in [-0.25, -0.2) is 4.32 Å². The van der Waals surface area contributed by atoms with Crippen LogP contribution in [-0.4, -0.2) is 14.5 Å². The van der Waals surface area contributed by atoms with Gasteiger partial charge in [0.2, 0.25) is 0 Å². The zero-order chi connectivity index (χ0) is 18.0. The van der Waals surface area contributed by atoms with Crippen molar-refractivity contribution in [2.24, 2.45) is 0 Å². The Bertz CT molecular complexity index is 748. The second kappa shape index (κ2) is 6.92. The Hall–Kier alpha value is -2.27. The first-order valence-corrected chi connectivity index (χ1v) is 8.30. The van der Waals surface area contributed by atoms with Crippen LogP contribution in [0.15, 0.2) is 54.6 Å². The molecule has 3 nitrogen and oxygen atoms in total. The maximum atomic E-state index is 14.0. The lowest BCUT2D eigenvalue weighted by Gasteiger charge is -2.25. The van der Waals surface area contributed by atoms with Gasteiger partial charge in [0.15, 0.2) is 0 Å². The molecule has 1 aliphatic rings. The second-order valence-electron chi connectivity index (χ2n) is 7.08. The van der Waals surface area contributed by atoms with Crippen molar-refractivity contribution in [1.29, 1.82) is 0 Å². The fourth-order valence-corrected chi connectivity index (χ4v) is 2.73. The van der Waals surface area contributed by atoms with Crippen molar-refractivity contribution >= 4 is 13.2 Å². The lowest BCUT2D eigenvalue weighted by atomic mass is 9.86. The van der Waals surface area contributed by atoms with Gasteiger partial charge in [-0.05, 0) is 34.8 Å². The molecule has 2 aromatic rings. The molecule has 1 unspecified atom stereocenters. The molecule has 0 N–H and O–H groups in total. The van der Waals surface area contributed by atoms with E-state index in [0.717, 1.165) is 16.9 Å². The highest BCUT2D eigenvalue weighted by molar-refractivity contribution is 6.37. The molecule has 0 amide bonds. The fourth-order valence-electron chi connectivity index (χ4n) is 2.73. The van der Waals surface area contributed by atoms with Crippen molar-refractivity contribution < 1.29 is 18.4 Å². The molecule has 0 fully saturated rings. The number of halogens is 1. The minimum atomic E-state index is -1.80. The van der Waals surface area contributed by atoms with E-state index < -0.39 is 13.5 Å². The van der Waals surface area contributed by atoms with Gasteiger partial charge in [0.05, 0.1) is 13.2 Å². The first kappa shape index (κ1) is 17.6. The molecule has 0 saturated heterocycles. The molecule has 0 aromatic heterocycles. The van der Waals surface area contributed by atoms with Gasteiger partial charge in [0.25, 0.3) is 0 Å². The molecule has 1 atom stereocenters. The van der Waals surface area contributed by atoms with Gasteiger partial charge in [0, 0.05) is 5.56 Å². The molecule has 130 valence electrons. The standard InChI is InChI=1S/C20H22BFO3/c1-20(2,3)16-9-5-14(6-10-16)18-13-19(25-21(22)24-18)15-7-11-17(23-4)12-8-15/h5-13,19H,1-4H3. The largest absolute Gasteiger partial charge is 0.755 e. The topological polar surface area (TPSA) is 27.7 Å². The van der Waals surface area contributed by atoms with Crippen LogP contribution in [0.4, 0.5) is 4.32 Å². The Morgan fingerprint density at radius 2 is 1.64 bits per heavy atom. The van der Waals surface area contributed by atoms with Gasteiger partial charge in [-0.15, -0.1) is 0 Å². The maximum absolute atomic E-state index is 14.0. The van der Waals surface area contributed by atoms with E-state index in [2.05, 4.69) is 20.8 Å². The number of methoxy groups -OCH3 is 1. The Morgan fingerprint density at radius 1 is 1.00 bits per heavy atom. The van der Waals surface area contributed by atoms with Crippen LogP contribution in [0.1, 0.15) is 43.6 Å². The summed E-state index contributed by atoms with van der Waals surface area (Å²) in [7, 11) is -0.189. The second-order valence-corrected chi connectivity index (χ2v) is 7.08. The number of ether oxygens (including phenoxy) is 1. The van der Waals surface area contributed by atoms with E-state index in [1.165, 1.54) is 5.56 Å². The first-order valence-electron chi connectivity index (χ1n) is 8.30. The van der Waals surface area contributed by atoms with Crippen LogP contribution < -0.4 is 4.74 Å². The highest BCUT2D eigenvalue weighted by Crippen LogP contribution is 2.33. The van der Waals surface area contributed by atoms with Gasteiger partial charge >= 0.3 is 7.40 Å². The molecule has 0 bridgehead atoms. The normalized spacial score (nSPS) is 17.7. The van der Waals surface area contributed by atoms with Gasteiger partial charge < -0.3 is 14.0 Å². The van der Waals surface area contributed by atoms with E-state index in [-0.39, 0.29) is 5.41 Å². The molecular weight excluding hydrogens is 318 g/mol. The maximum Gasteiger partial charge on any atom is 0.755 e. The van der Waals surface area contributed by atoms with Crippen molar-refractivity contribution in [3.8, 4) is 5.75 Å². The zero-order valence-electron chi connectivity index (χ0n) is 15.0. The highest BCUT2D eigenvalue weighted by Gasteiger charge is 2.33. The first-order chi connectivity index (χ1) is 11.9. The van der Waals surface area contributed by atoms with Crippen molar-refractivity contribution in [2.45, 2.75) is 32.3 Å². The summed E-state index contributed by atoms with van der Waals surface area (Å²) in [6, 6.07) is 15.4.